The van der Waals surface area contributed by atoms with Crippen molar-refractivity contribution in [3.63, 3.8) is 0 Å². The van der Waals surface area contributed by atoms with E-state index in [2.05, 4.69) is 55.6 Å². The van der Waals surface area contributed by atoms with Gasteiger partial charge in [0.1, 0.15) is 5.75 Å². The van der Waals surface area contributed by atoms with Gasteiger partial charge in [-0.05, 0) is 54.5 Å². The van der Waals surface area contributed by atoms with Crippen LogP contribution in [0.5, 0.6) is 5.75 Å². The van der Waals surface area contributed by atoms with Crippen LogP contribution in [0.2, 0.25) is 0 Å². The molecule has 1 unspecified atom stereocenters. The molecule has 7 rings (SSSR count). The molecule has 3 heterocycles. The van der Waals surface area contributed by atoms with Gasteiger partial charge in [-0.25, -0.2) is 0 Å². The average Bonchev–Trinajstić information content (AvgIpc) is 3.83. The fraction of sp³-hybridized carbons (Fsp3) is 0.395. The summed E-state index contributed by atoms with van der Waals surface area (Å²) in [5.74, 6) is 0.909. The van der Waals surface area contributed by atoms with Gasteiger partial charge in [0.05, 0.1) is 12.1 Å². The van der Waals surface area contributed by atoms with E-state index in [9.17, 15) is 9.59 Å². The summed E-state index contributed by atoms with van der Waals surface area (Å²) in [6, 6.07) is 26.9. The third kappa shape index (κ3) is 8.20. The Hall–Kier alpha value is -4.34. The summed E-state index contributed by atoms with van der Waals surface area (Å²) in [6.07, 6.45) is 7.62. The molecule has 0 bridgehead atoms. The molecule has 2 atom stereocenters. The number of piperazine rings is 1. The number of piperidine rings is 1. The number of aromatic nitrogens is 2. The largest absolute Gasteiger partial charge is 0.480 e. The van der Waals surface area contributed by atoms with Crippen LogP contribution in [0.15, 0.2) is 91.3 Å². The Kier molecular flexibility index (Phi) is 11.0. The minimum atomic E-state index is -0.609. The molecule has 1 aliphatic carbocycles. The quantitative estimate of drug-likeness (QED) is 0.225. The number of amides is 2. The fourth-order valence-electron chi connectivity index (χ4n) is 6.84. The second kappa shape index (κ2) is 15.7. The number of halogens is 1. The molecular formula is C38H45ClN6O3. The molecule has 0 radical (unpaired) electrons. The Morgan fingerprint density at radius 3 is 2.42 bits per heavy atom. The minimum Gasteiger partial charge on any atom is -0.480 e. The summed E-state index contributed by atoms with van der Waals surface area (Å²) in [5.41, 5.74) is 5.42. The molecule has 2 saturated heterocycles. The average molecular weight is 669 g/mol. The van der Waals surface area contributed by atoms with E-state index in [0.29, 0.717) is 44.4 Å². The first-order valence-corrected chi connectivity index (χ1v) is 17.0. The number of H-pyrrole nitrogens is 1. The van der Waals surface area contributed by atoms with E-state index in [-0.39, 0.29) is 30.1 Å². The predicted molar refractivity (Wildman–Crippen MR) is 190 cm³/mol. The van der Waals surface area contributed by atoms with Gasteiger partial charge < -0.3 is 24.8 Å². The Bertz CT molecular complexity index is 1620. The molecule has 10 heteroatoms. The maximum absolute atomic E-state index is 14.0. The fourth-order valence-corrected chi connectivity index (χ4v) is 6.84. The molecule has 9 nitrogen and oxygen atoms in total. The monoisotopic (exact) mass is 668 g/mol. The van der Waals surface area contributed by atoms with Gasteiger partial charge in [-0.1, -0.05) is 60.7 Å². The summed E-state index contributed by atoms with van der Waals surface area (Å²) >= 11 is 0. The normalized spacial score (nSPS) is 18.5. The third-order valence-electron chi connectivity index (χ3n) is 9.61. The lowest BCUT2D eigenvalue weighted by molar-refractivity contribution is -0.139. The molecule has 3 aliphatic rings. The van der Waals surface area contributed by atoms with Crippen molar-refractivity contribution in [1.82, 2.24) is 25.3 Å². The first kappa shape index (κ1) is 33.6. The van der Waals surface area contributed by atoms with Gasteiger partial charge in [-0.3, -0.25) is 14.7 Å². The molecule has 1 aromatic heterocycles. The smallest absolute Gasteiger partial charge is 0.264 e. The number of carbonyl (C=O) groups is 2. The van der Waals surface area contributed by atoms with E-state index in [0.717, 1.165) is 73.3 Å². The van der Waals surface area contributed by atoms with Gasteiger partial charge >= 0.3 is 0 Å². The van der Waals surface area contributed by atoms with Gasteiger partial charge in [0.25, 0.3) is 5.91 Å². The van der Waals surface area contributed by atoms with Gasteiger partial charge in [0.15, 0.2) is 6.10 Å². The second-order valence-electron chi connectivity index (χ2n) is 13.0. The molecule has 2 N–H and O–H groups in total. The van der Waals surface area contributed by atoms with Crippen molar-refractivity contribution in [3.8, 4) is 16.9 Å². The zero-order chi connectivity index (χ0) is 32.0. The molecule has 3 aromatic carbocycles. The number of ether oxygens (including phenoxy) is 1. The number of hydrogen-bond acceptors (Lipinski definition) is 6. The number of hydrogen-bond donors (Lipinski definition) is 2. The van der Waals surface area contributed by atoms with Crippen molar-refractivity contribution in [2.75, 3.05) is 44.2 Å². The predicted octanol–water partition coefficient (Wildman–Crippen LogP) is 5.33. The molecule has 48 heavy (non-hydrogen) atoms. The molecule has 2 amide bonds. The maximum atomic E-state index is 14.0. The van der Waals surface area contributed by atoms with Gasteiger partial charge in [-0.2, -0.15) is 5.10 Å². The Morgan fingerprint density at radius 2 is 1.69 bits per heavy atom. The van der Waals surface area contributed by atoms with Crippen molar-refractivity contribution in [2.24, 2.45) is 5.92 Å². The SMILES string of the molecule is Cl.O=C(C(Cc1ccccc1)Oc1cccc(N2CCC[C@@H](C(=O)N(Cc3ccc(-c4cn[nH]c4)cc3)C3CC3)C2)c1)N1CCNCC1. The lowest BCUT2D eigenvalue weighted by atomic mass is 9.95. The van der Waals surface area contributed by atoms with E-state index >= 15 is 0 Å². The number of benzene rings is 3. The Morgan fingerprint density at radius 1 is 0.896 bits per heavy atom. The van der Waals surface area contributed by atoms with Crippen LogP contribution >= 0.6 is 12.4 Å². The van der Waals surface area contributed by atoms with Crippen LogP contribution in [-0.4, -0.2) is 83.2 Å². The van der Waals surface area contributed by atoms with Crippen LogP contribution in [0, 0.1) is 5.92 Å². The number of anilines is 1. The van der Waals surface area contributed by atoms with E-state index in [1.54, 1.807) is 0 Å². The van der Waals surface area contributed by atoms with Crippen LogP contribution in [0.25, 0.3) is 11.1 Å². The summed E-state index contributed by atoms with van der Waals surface area (Å²) in [5, 5.41) is 10.3. The maximum Gasteiger partial charge on any atom is 0.264 e. The minimum absolute atomic E-state index is 0. The third-order valence-corrected chi connectivity index (χ3v) is 9.61. The standard InChI is InChI=1S/C38H44N6O3.ClH/c45-37(44(33-15-16-33)26-29-11-13-30(14-12-29)32-24-40-41-25-32)31-8-5-19-43(27-31)34-9-4-10-35(23-34)47-36(22-28-6-2-1-3-7-28)38(46)42-20-17-39-18-21-42;/h1-4,6-7,9-14,23-25,31,33,36,39H,5,8,15-22,26-27H2,(H,40,41);1H/t31-,36?;/m1./s1. The first-order chi connectivity index (χ1) is 23.1. The topological polar surface area (TPSA) is 93.8 Å². The highest BCUT2D eigenvalue weighted by atomic mass is 35.5. The second-order valence-corrected chi connectivity index (χ2v) is 13.0. The Labute approximate surface area is 289 Å². The van der Waals surface area contributed by atoms with Gasteiger partial charge in [0.2, 0.25) is 5.91 Å². The van der Waals surface area contributed by atoms with E-state index in [1.165, 1.54) is 0 Å². The molecule has 3 fully saturated rings. The highest BCUT2D eigenvalue weighted by molar-refractivity contribution is 5.85. The van der Waals surface area contributed by atoms with Gasteiger partial charge in [0, 0.05) is 81.8 Å². The zero-order valence-electron chi connectivity index (χ0n) is 27.3. The Balaban J connectivity index is 0.00000401. The highest BCUT2D eigenvalue weighted by Gasteiger charge is 2.37. The van der Waals surface area contributed by atoms with Crippen molar-refractivity contribution in [1.29, 1.82) is 0 Å². The van der Waals surface area contributed by atoms with Crippen molar-refractivity contribution in [2.45, 2.75) is 50.8 Å². The van der Waals surface area contributed by atoms with Crippen molar-refractivity contribution in [3.05, 3.63) is 102 Å². The van der Waals surface area contributed by atoms with Crippen molar-refractivity contribution >= 4 is 29.9 Å². The summed E-state index contributed by atoms with van der Waals surface area (Å²) < 4.78 is 6.50. The number of carbonyl (C=O) groups excluding carboxylic acids is 2. The highest BCUT2D eigenvalue weighted by Crippen LogP contribution is 2.33. The van der Waals surface area contributed by atoms with Crippen LogP contribution in [0.4, 0.5) is 5.69 Å². The molecule has 4 aromatic rings. The van der Waals surface area contributed by atoms with Crippen LogP contribution < -0.4 is 15.0 Å². The lowest BCUT2D eigenvalue weighted by Crippen LogP contribution is -2.51. The van der Waals surface area contributed by atoms with Gasteiger partial charge in [-0.15, -0.1) is 12.4 Å². The summed E-state index contributed by atoms with van der Waals surface area (Å²) in [4.78, 5) is 34.0. The summed E-state index contributed by atoms with van der Waals surface area (Å²) in [6.45, 7) is 5.17. The zero-order valence-corrected chi connectivity index (χ0v) is 28.1. The number of nitrogens with zero attached hydrogens (tertiary/aromatic N) is 4. The first-order valence-electron chi connectivity index (χ1n) is 17.0. The molecular weight excluding hydrogens is 624 g/mol. The molecule has 2 aliphatic heterocycles. The molecule has 0 spiro atoms. The number of nitrogens with one attached hydrogen (secondary N) is 2. The van der Waals surface area contributed by atoms with Crippen LogP contribution in [0.1, 0.15) is 36.8 Å². The molecule has 1 saturated carbocycles. The van der Waals surface area contributed by atoms with E-state index < -0.39 is 6.10 Å². The molecule has 252 valence electrons. The van der Waals surface area contributed by atoms with Crippen LogP contribution in [0.3, 0.4) is 0 Å². The van der Waals surface area contributed by atoms with Crippen LogP contribution in [-0.2, 0) is 22.6 Å². The number of aromatic amines is 1. The van der Waals surface area contributed by atoms with E-state index in [1.807, 2.05) is 65.8 Å². The number of rotatable bonds is 11. The lowest BCUT2D eigenvalue weighted by Gasteiger charge is -2.36. The van der Waals surface area contributed by atoms with Crippen molar-refractivity contribution < 1.29 is 14.3 Å². The summed E-state index contributed by atoms with van der Waals surface area (Å²) in [7, 11) is 0. The van der Waals surface area contributed by atoms with E-state index in [4.69, 9.17) is 4.74 Å².